The summed E-state index contributed by atoms with van der Waals surface area (Å²) >= 11 is 0. The molecule has 2 aromatic carbocycles. The molecule has 1 atom stereocenters. The Morgan fingerprint density at radius 3 is 2.71 bits per heavy atom. The average molecular weight is 377 g/mol. The largest absolute Gasteiger partial charge is 0.475 e. The van der Waals surface area contributed by atoms with Gasteiger partial charge in [-0.2, -0.15) is 5.10 Å². The van der Waals surface area contributed by atoms with Crippen molar-refractivity contribution >= 4 is 17.5 Å². The molecule has 1 N–H and O–H groups in total. The third-order valence-corrected chi connectivity index (χ3v) is 4.53. The Morgan fingerprint density at radius 2 is 1.96 bits per heavy atom. The number of benzene rings is 2. The number of ether oxygens (including phenoxy) is 1. The maximum Gasteiger partial charge on any atom is 0.247 e. The molecule has 0 radical (unpaired) electrons. The van der Waals surface area contributed by atoms with Crippen molar-refractivity contribution in [2.75, 3.05) is 11.9 Å². The van der Waals surface area contributed by atoms with Crippen molar-refractivity contribution in [3.05, 3.63) is 66.1 Å². The van der Waals surface area contributed by atoms with Gasteiger partial charge in [-0.25, -0.2) is 14.4 Å². The molecule has 0 saturated carbocycles. The number of halogens is 1. The molecule has 3 aromatic rings. The van der Waals surface area contributed by atoms with Crippen molar-refractivity contribution in [1.29, 1.82) is 0 Å². The minimum atomic E-state index is -0.364. The molecule has 4 rings (SSSR count). The number of hydrogen-bond donors (Lipinski definition) is 1. The third kappa shape index (κ3) is 3.83. The van der Waals surface area contributed by atoms with Crippen LogP contribution < -0.4 is 5.32 Å². The van der Waals surface area contributed by atoms with Gasteiger partial charge < -0.3 is 10.1 Å². The van der Waals surface area contributed by atoms with Crippen LogP contribution in [0.2, 0.25) is 0 Å². The molecule has 0 spiro atoms. The fourth-order valence-electron chi connectivity index (χ4n) is 2.91. The molecule has 28 heavy (non-hydrogen) atoms. The summed E-state index contributed by atoms with van der Waals surface area (Å²) in [5, 5.41) is 11.2. The van der Waals surface area contributed by atoms with Gasteiger partial charge in [-0.3, -0.25) is 0 Å². The van der Waals surface area contributed by atoms with Crippen LogP contribution in [-0.2, 0) is 4.74 Å². The van der Waals surface area contributed by atoms with Crippen LogP contribution in [0.25, 0.3) is 11.3 Å². The Labute approximate surface area is 162 Å². The van der Waals surface area contributed by atoms with Gasteiger partial charge in [0.25, 0.3) is 0 Å². The number of anilines is 2. The van der Waals surface area contributed by atoms with E-state index in [1.165, 1.54) is 12.1 Å². The zero-order valence-corrected chi connectivity index (χ0v) is 15.6. The van der Waals surface area contributed by atoms with Gasteiger partial charge in [-0.05, 0) is 24.1 Å². The summed E-state index contributed by atoms with van der Waals surface area (Å²) in [6.07, 6.45) is 1.60. The van der Waals surface area contributed by atoms with E-state index in [1.807, 2.05) is 30.3 Å². The van der Waals surface area contributed by atoms with E-state index in [4.69, 9.17) is 4.74 Å². The average Bonchev–Trinajstić information content (AvgIpc) is 3.21. The van der Waals surface area contributed by atoms with Crippen LogP contribution >= 0.6 is 0 Å². The fraction of sp³-hybridized carbons (Fsp3) is 0.238. The van der Waals surface area contributed by atoms with E-state index in [0.717, 1.165) is 5.56 Å². The molecule has 0 bridgehead atoms. The Balaban J connectivity index is 1.65. The van der Waals surface area contributed by atoms with E-state index in [1.54, 1.807) is 12.3 Å². The van der Waals surface area contributed by atoms with E-state index in [9.17, 15) is 4.39 Å². The van der Waals surface area contributed by atoms with Crippen LogP contribution in [0.15, 0.2) is 59.7 Å². The van der Waals surface area contributed by atoms with Gasteiger partial charge in [-0.15, -0.1) is 5.10 Å². The fourth-order valence-corrected chi connectivity index (χ4v) is 2.91. The smallest absolute Gasteiger partial charge is 0.247 e. The summed E-state index contributed by atoms with van der Waals surface area (Å²) in [5.74, 6) is 0.718. The van der Waals surface area contributed by atoms with Crippen molar-refractivity contribution < 1.29 is 9.13 Å². The Bertz CT molecular complexity index is 1010. The minimum Gasteiger partial charge on any atom is -0.475 e. The summed E-state index contributed by atoms with van der Waals surface area (Å²) in [5.41, 5.74) is 2.77. The molecular formula is C21H20FN5O. The van der Waals surface area contributed by atoms with Crippen LogP contribution in [0.4, 0.5) is 16.0 Å². The molecule has 6 nitrogen and oxygen atoms in total. The number of aromatic nitrogens is 3. The molecule has 1 aliphatic rings. The van der Waals surface area contributed by atoms with Gasteiger partial charge in [0, 0.05) is 5.56 Å². The maximum absolute atomic E-state index is 13.9. The summed E-state index contributed by atoms with van der Waals surface area (Å²) in [6.45, 7) is 4.66. The lowest BCUT2D eigenvalue weighted by molar-refractivity contribution is 0.292. The summed E-state index contributed by atoms with van der Waals surface area (Å²) < 4.78 is 19.6. The van der Waals surface area contributed by atoms with Crippen molar-refractivity contribution in [2.24, 2.45) is 10.9 Å². The highest BCUT2D eigenvalue weighted by Gasteiger charge is 2.25. The van der Waals surface area contributed by atoms with E-state index in [-0.39, 0.29) is 11.9 Å². The minimum absolute atomic E-state index is 0.0606. The summed E-state index contributed by atoms with van der Waals surface area (Å²) in [6, 6.07) is 14.2. The molecule has 0 amide bonds. The first-order valence-corrected chi connectivity index (χ1v) is 9.13. The highest BCUT2D eigenvalue weighted by molar-refractivity contribution is 6.01. The van der Waals surface area contributed by atoms with Gasteiger partial charge >= 0.3 is 0 Å². The summed E-state index contributed by atoms with van der Waals surface area (Å²) in [7, 11) is 0. The Kier molecular flexibility index (Phi) is 4.97. The molecule has 1 aromatic heterocycles. The molecule has 0 aliphatic carbocycles. The quantitative estimate of drug-likeness (QED) is 0.721. The number of rotatable bonds is 5. The van der Waals surface area contributed by atoms with Gasteiger partial charge in [0.15, 0.2) is 0 Å². The first-order valence-electron chi connectivity index (χ1n) is 9.13. The van der Waals surface area contributed by atoms with Crippen molar-refractivity contribution in [3.8, 4) is 11.3 Å². The van der Waals surface area contributed by atoms with Gasteiger partial charge in [0.1, 0.15) is 12.4 Å². The predicted molar refractivity (Wildman–Crippen MR) is 106 cm³/mol. The van der Waals surface area contributed by atoms with E-state index >= 15 is 0 Å². The maximum atomic E-state index is 13.9. The van der Waals surface area contributed by atoms with Crippen molar-refractivity contribution in [2.45, 2.75) is 19.9 Å². The molecule has 142 valence electrons. The van der Waals surface area contributed by atoms with Gasteiger partial charge in [0.2, 0.25) is 11.8 Å². The number of hydrogen-bond acceptors (Lipinski definition) is 6. The standard InChI is InChI=1S/C21H20FN5O/c1-13(2)19-12-28-20(24-19)16-10-15(22)8-9-17(16)25-21-26-18(11-23-27-21)14-6-4-3-5-7-14/h3-11,13,19H,12H2,1-2H3,(H,25,26,27)/t19-/m1/s1. The number of nitrogens with one attached hydrogen (secondary N) is 1. The van der Waals surface area contributed by atoms with Gasteiger partial charge in [-0.1, -0.05) is 44.2 Å². The topological polar surface area (TPSA) is 72.3 Å². The zero-order chi connectivity index (χ0) is 19.5. The van der Waals surface area contributed by atoms with Gasteiger partial charge in [0.05, 0.1) is 29.2 Å². The van der Waals surface area contributed by atoms with Crippen LogP contribution in [0.3, 0.4) is 0 Å². The normalized spacial score (nSPS) is 16.0. The molecule has 2 heterocycles. The van der Waals surface area contributed by atoms with E-state index < -0.39 is 0 Å². The number of aliphatic imine (C=N–C) groups is 1. The number of nitrogens with zero attached hydrogens (tertiary/aromatic N) is 4. The molecule has 7 heteroatoms. The lowest BCUT2D eigenvalue weighted by Gasteiger charge is -2.11. The summed E-state index contributed by atoms with van der Waals surface area (Å²) in [4.78, 5) is 9.11. The molecule has 0 unspecified atom stereocenters. The van der Waals surface area contributed by atoms with E-state index in [0.29, 0.717) is 41.3 Å². The van der Waals surface area contributed by atoms with Crippen LogP contribution in [-0.4, -0.2) is 33.7 Å². The van der Waals surface area contributed by atoms with E-state index in [2.05, 4.69) is 39.3 Å². The van der Waals surface area contributed by atoms with Crippen molar-refractivity contribution in [3.63, 3.8) is 0 Å². The molecular weight excluding hydrogens is 357 g/mol. The Hall–Kier alpha value is -3.35. The lowest BCUT2D eigenvalue weighted by Crippen LogP contribution is -2.13. The first kappa shape index (κ1) is 18.0. The Morgan fingerprint density at radius 1 is 1.14 bits per heavy atom. The molecule has 0 fully saturated rings. The van der Waals surface area contributed by atoms with Crippen LogP contribution in [0.5, 0.6) is 0 Å². The highest BCUT2D eigenvalue weighted by atomic mass is 19.1. The third-order valence-electron chi connectivity index (χ3n) is 4.53. The van der Waals surface area contributed by atoms with Crippen LogP contribution in [0.1, 0.15) is 19.4 Å². The second kappa shape index (κ2) is 7.72. The van der Waals surface area contributed by atoms with Crippen LogP contribution in [0, 0.1) is 11.7 Å². The predicted octanol–water partition coefficient (Wildman–Crippen LogP) is 4.22. The SMILES string of the molecule is CC(C)[C@H]1COC(c2cc(F)ccc2Nc2nncc(-c3ccccc3)n2)=N1. The molecule has 0 saturated heterocycles. The lowest BCUT2D eigenvalue weighted by atomic mass is 10.1. The van der Waals surface area contributed by atoms with Crippen molar-refractivity contribution in [1.82, 2.24) is 15.2 Å². The monoisotopic (exact) mass is 377 g/mol. The first-order chi connectivity index (χ1) is 13.6. The molecule has 1 aliphatic heterocycles. The second-order valence-electron chi connectivity index (χ2n) is 6.90. The zero-order valence-electron chi connectivity index (χ0n) is 15.6. The second-order valence-corrected chi connectivity index (χ2v) is 6.90. The highest BCUT2D eigenvalue weighted by Crippen LogP contribution is 2.26.